The molecular formula is C19H22O4. The van der Waals surface area contributed by atoms with E-state index in [0.717, 1.165) is 21.9 Å². The fraction of sp³-hybridized carbons (Fsp3) is 0.368. The molecule has 0 aliphatic heterocycles. The Morgan fingerprint density at radius 3 is 2.43 bits per heavy atom. The summed E-state index contributed by atoms with van der Waals surface area (Å²) in [5.41, 5.74) is 1.38. The van der Waals surface area contributed by atoms with Crippen LogP contribution in [0, 0.1) is 6.92 Å². The van der Waals surface area contributed by atoms with Gasteiger partial charge in [0.2, 0.25) is 0 Å². The zero-order valence-electron chi connectivity index (χ0n) is 14.2. The molecule has 0 bridgehead atoms. The fourth-order valence-electron chi connectivity index (χ4n) is 3.23. The number of fused-ring (bicyclic) bond motifs is 1. The van der Waals surface area contributed by atoms with Crippen molar-refractivity contribution in [1.29, 1.82) is 0 Å². The van der Waals surface area contributed by atoms with E-state index in [1.165, 1.54) is 7.11 Å². The van der Waals surface area contributed by atoms with Crippen molar-refractivity contribution in [3.05, 3.63) is 41.5 Å². The zero-order valence-corrected chi connectivity index (χ0v) is 14.2. The van der Waals surface area contributed by atoms with Crippen molar-refractivity contribution in [1.82, 2.24) is 0 Å². The van der Waals surface area contributed by atoms with Crippen molar-refractivity contribution in [3.63, 3.8) is 0 Å². The van der Waals surface area contributed by atoms with Crippen LogP contribution in [0.5, 0.6) is 5.75 Å². The Morgan fingerprint density at radius 2 is 1.83 bits per heavy atom. The second-order valence-corrected chi connectivity index (χ2v) is 6.44. The number of methoxy groups -OCH3 is 1. The van der Waals surface area contributed by atoms with Gasteiger partial charge in [-0.1, -0.05) is 44.2 Å². The van der Waals surface area contributed by atoms with Crippen LogP contribution in [0.2, 0.25) is 0 Å². The monoisotopic (exact) mass is 314 g/mol. The Morgan fingerprint density at radius 1 is 1.17 bits per heavy atom. The highest BCUT2D eigenvalue weighted by Crippen LogP contribution is 2.42. The van der Waals surface area contributed by atoms with Crippen LogP contribution in [-0.2, 0) is 14.9 Å². The molecule has 2 aromatic rings. The Bertz CT molecular complexity index is 759. The third-order valence-corrected chi connectivity index (χ3v) is 3.92. The van der Waals surface area contributed by atoms with Crippen molar-refractivity contribution in [2.75, 3.05) is 7.11 Å². The van der Waals surface area contributed by atoms with E-state index in [0.29, 0.717) is 12.2 Å². The SMILES string of the molecule is COC(=O)Oc1c(C(C)(C)CC(C)=O)c(C)cc2ccccc12. The minimum Gasteiger partial charge on any atom is -0.437 e. The molecule has 4 heteroatoms. The van der Waals surface area contributed by atoms with Gasteiger partial charge in [0.05, 0.1) is 7.11 Å². The van der Waals surface area contributed by atoms with Gasteiger partial charge in [-0.2, -0.15) is 0 Å². The number of aryl methyl sites for hydroxylation is 1. The Kier molecular flexibility index (Phi) is 4.73. The molecule has 23 heavy (non-hydrogen) atoms. The molecule has 2 rings (SSSR count). The molecule has 2 aromatic carbocycles. The summed E-state index contributed by atoms with van der Waals surface area (Å²) in [6.07, 6.45) is -0.399. The predicted octanol–water partition coefficient (Wildman–Crippen LogP) is 4.55. The van der Waals surface area contributed by atoms with E-state index in [4.69, 9.17) is 4.74 Å². The fourth-order valence-corrected chi connectivity index (χ4v) is 3.23. The maximum absolute atomic E-state index is 11.7. The van der Waals surface area contributed by atoms with Crippen molar-refractivity contribution in [3.8, 4) is 5.75 Å². The van der Waals surface area contributed by atoms with Gasteiger partial charge >= 0.3 is 6.16 Å². The van der Waals surface area contributed by atoms with E-state index >= 15 is 0 Å². The first kappa shape index (κ1) is 17.0. The summed E-state index contributed by atoms with van der Waals surface area (Å²) in [5, 5.41) is 1.81. The summed E-state index contributed by atoms with van der Waals surface area (Å²) < 4.78 is 10.1. The third kappa shape index (κ3) is 3.52. The number of rotatable bonds is 4. The summed E-state index contributed by atoms with van der Waals surface area (Å²) in [6, 6.07) is 9.75. The number of Topliss-reactive ketones (excluding diaryl/α,β-unsaturated/α-hetero) is 1. The predicted molar refractivity (Wildman–Crippen MR) is 90.0 cm³/mol. The molecular weight excluding hydrogens is 292 g/mol. The number of hydrogen-bond donors (Lipinski definition) is 0. The lowest BCUT2D eigenvalue weighted by molar-refractivity contribution is -0.118. The lowest BCUT2D eigenvalue weighted by atomic mass is 9.76. The summed E-state index contributed by atoms with van der Waals surface area (Å²) >= 11 is 0. The van der Waals surface area contributed by atoms with E-state index in [1.54, 1.807) is 6.92 Å². The topological polar surface area (TPSA) is 52.6 Å². The molecule has 0 unspecified atom stereocenters. The van der Waals surface area contributed by atoms with Crippen LogP contribution in [-0.4, -0.2) is 19.0 Å². The molecule has 4 nitrogen and oxygen atoms in total. The Labute approximate surface area is 136 Å². The lowest BCUT2D eigenvalue weighted by Gasteiger charge is -2.29. The summed E-state index contributed by atoms with van der Waals surface area (Å²) in [5.74, 6) is 0.560. The van der Waals surface area contributed by atoms with Gasteiger partial charge in [0.25, 0.3) is 0 Å². The van der Waals surface area contributed by atoms with Crippen LogP contribution in [0.15, 0.2) is 30.3 Å². The average Bonchev–Trinajstić information content (AvgIpc) is 2.45. The molecule has 0 aliphatic carbocycles. The highest BCUT2D eigenvalue weighted by atomic mass is 16.7. The molecule has 122 valence electrons. The van der Waals surface area contributed by atoms with Gasteiger partial charge in [-0.3, -0.25) is 4.79 Å². The maximum Gasteiger partial charge on any atom is 0.513 e. The van der Waals surface area contributed by atoms with E-state index in [1.807, 2.05) is 45.0 Å². The second-order valence-electron chi connectivity index (χ2n) is 6.44. The van der Waals surface area contributed by atoms with Gasteiger partial charge in [-0.15, -0.1) is 0 Å². The van der Waals surface area contributed by atoms with Crippen LogP contribution in [0.25, 0.3) is 10.8 Å². The smallest absolute Gasteiger partial charge is 0.437 e. The normalized spacial score (nSPS) is 11.3. The molecule has 0 heterocycles. The van der Waals surface area contributed by atoms with E-state index in [-0.39, 0.29) is 5.78 Å². The van der Waals surface area contributed by atoms with Crippen LogP contribution >= 0.6 is 0 Å². The molecule has 0 spiro atoms. The molecule has 0 radical (unpaired) electrons. The standard InChI is InChI=1S/C19H22O4/c1-12-10-14-8-6-7-9-15(14)17(23-18(21)22-5)16(12)19(3,4)11-13(2)20/h6-10H,11H2,1-5H3. The number of ether oxygens (including phenoxy) is 2. The number of carbonyl (C=O) groups excluding carboxylic acids is 2. The van der Waals surface area contributed by atoms with Crippen molar-refractivity contribution in [2.24, 2.45) is 0 Å². The van der Waals surface area contributed by atoms with Crippen LogP contribution < -0.4 is 4.74 Å². The zero-order chi connectivity index (χ0) is 17.2. The van der Waals surface area contributed by atoms with E-state index in [2.05, 4.69) is 10.8 Å². The number of ketones is 1. The molecule has 0 amide bonds. The van der Waals surface area contributed by atoms with Crippen LogP contribution in [0.3, 0.4) is 0 Å². The summed E-state index contributed by atoms with van der Waals surface area (Å²) in [6.45, 7) is 7.50. The molecule has 0 aromatic heterocycles. The van der Waals surface area contributed by atoms with Gasteiger partial charge in [-0.05, 0) is 24.8 Å². The van der Waals surface area contributed by atoms with Crippen LogP contribution in [0.1, 0.15) is 38.3 Å². The third-order valence-electron chi connectivity index (χ3n) is 3.92. The van der Waals surface area contributed by atoms with E-state index < -0.39 is 11.6 Å². The van der Waals surface area contributed by atoms with Gasteiger partial charge in [-0.25, -0.2) is 4.79 Å². The minimum atomic E-state index is -0.763. The van der Waals surface area contributed by atoms with Gasteiger partial charge in [0.1, 0.15) is 11.5 Å². The molecule has 0 fully saturated rings. The van der Waals surface area contributed by atoms with E-state index in [9.17, 15) is 9.59 Å². The molecule has 0 N–H and O–H groups in total. The van der Waals surface area contributed by atoms with Crippen molar-refractivity contribution >= 4 is 22.7 Å². The summed E-state index contributed by atoms with van der Waals surface area (Å²) in [7, 11) is 1.28. The van der Waals surface area contributed by atoms with Crippen LogP contribution in [0.4, 0.5) is 4.79 Å². The maximum atomic E-state index is 11.7. The Hall–Kier alpha value is -2.36. The number of benzene rings is 2. The van der Waals surface area contributed by atoms with Crippen molar-refractivity contribution in [2.45, 2.75) is 39.5 Å². The summed E-state index contributed by atoms with van der Waals surface area (Å²) in [4.78, 5) is 23.4. The molecule has 0 atom stereocenters. The first-order chi connectivity index (χ1) is 10.8. The average molecular weight is 314 g/mol. The van der Waals surface area contributed by atoms with Gasteiger partial charge < -0.3 is 9.47 Å². The Balaban J connectivity index is 2.75. The van der Waals surface area contributed by atoms with Gasteiger partial charge in [0, 0.05) is 22.8 Å². The second kappa shape index (κ2) is 6.41. The van der Waals surface area contributed by atoms with Crippen molar-refractivity contribution < 1.29 is 19.1 Å². The minimum absolute atomic E-state index is 0.0894. The molecule has 0 aliphatic rings. The first-order valence-electron chi connectivity index (χ1n) is 7.54. The van der Waals surface area contributed by atoms with Gasteiger partial charge in [0.15, 0.2) is 0 Å². The highest BCUT2D eigenvalue weighted by molar-refractivity contribution is 5.93. The first-order valence-corrected chi connectivity index (χ1v) is 7.54. The number of carbonyl (C=O) groups is 2. The number of hydrogen-bond acceptors (Lipinski definition) is 4. The largest absolute Gasteiger partial charge is 0.513 e. The molecule has 0 saturated heterocycles. The lowest BCUT2D eigenvalue weighted by Crippen LogP contribution is -2.24. The highest BCUT2D eigenvalue weighted by Gasteiger charge is 2.30. The molecule has 0 saturated carbocycles. The quantitative estimate of drug-likeness (QED) is 0.613.